The first-order chi connectivity index (χ1) is 7.11. The Hall–Kier alpha value is -1.10. The molecule has 1 atom stereocenters. The molecule has 0 saturated carbocycles. The summed E-state index contributed by atoms with van der Waals surface area (Å²) in [7, 11) is 1.72. The van der Waals surface area contributed by atoms with Crippen molar-refractivity contribution in [2.45, 2.75) is 32.7 Å². The third kappa shape index (κ3) is 6.90. The van der Waals surface area contributed by atoms with E-state index in [1.54, 1.807) is 14.0 Å². The van der Waals surface area contributed by atoms with E-state index >= 15 is 0 Å². The summed E-state index contributed by atoms with van der Waals surface area (Å²) in [6.45, 7) is 4.85. The van der Waals surface area contributed by atoms with Crippen LogP contribution in [0.4, 0.5) is 0 Å². The maximum atomic E-state index is 11.3. The lowest BCUT2D eigenvalue weighted by atomic mass is 10.3. The van der Waals surface area contributed by atoms with Crippen LogP contribution in [0.5, 0.6) is 0 Å². The normalized spacial score (nSPS) is 11.9. The first-order valence-electron chi connectivity index (χ1n) is 5.33. The van der Waals surface area contributed by atoms with E-state index in [-0.39, 0.29) is 17.9 Å². The van der Waals surface area contributed by atoms with Crippen LogP contribution in [0.1, 0.15) is 26.7 Å². The highest BCUT2D eigenvalue weighted by molar-refractivity contribution is 5.82. The number of amides is 2. The second-order valence-electron chi connectivity index (χ2n) is 3.40. The average molecular weight is 215 g/mol. The second-order valence-corrected chi connectivity index (χ2v) is 3.40. The fourth-order valence-corrected chi connectivity index (χ4v) is 0.936. The van der Waals surface area contributed by atoms with Gasteiger partial charge >= 0.3 is 0 Å². The second kappa shape index (κ2) is 8.23. The van der Waals surface area contributed by atoms with Crippen LogP contribution in [0.25, 0.3) is 0 Å². The molecule has 0 spiro atoms. The van der Waals surface area contributed by atoms with Gasteiger partial charge in [0.15, 0.2) is 0 Å². The van der Waals surface area contributed by atoms with Crippen LogP contribution in [-0.4, -0.2) is 38.0 Å². The van der Waals surface area contributed by atoms with E-state index < -0.39 is 0 Å². The fraction of sp³-hybridized carbons (Fsp3) is 0.800. The molecule has 0 bridgehead atoms. The third-order valence-electron chi connectivity index (χ3n) is 2.05. The molecule has 15 heavy (non-hydrogen) atoms. The largest absolute Gasteiger partial charge is 0.356 e. The molecule has 0 rings (SSSR count). The highest BCUT2D eigenvalue weighted by atomic mass is 16.2. The molecule has 0 aromatic heterocycles. The van der Waals surface area contributed by atoms with Crippen LogP contribution in [0.3, 0.4) is 0 Å². The molecule has 0 aromatic rings. The smallest absolute Gasteiger partial charge is 0.236 e. The number of likely N-dealkylation sites (N-methyl/N-ethyl adjacent to an activating group) is 1. The fourth-order valence-electron chi connectivity index (χ4n) is 0.936. The maximum Gasteiger partial charge on any atom is 0.236 e. The van der Waals surface area contributed by atoms with Crippen molar-refractivity contribution in [3.8, 4) is 0 Å². The lowest BCUT2D eigenvalue weighted by molar-refractivity contribution is -0.123. The quantitative estimate of drug-likeness (QED) is 0.542. The number of hydrogen-bond acceptors (Lipinski definition) is 3. The Balaban J connectivity index is 3.52. The first kappa shape index (κ1) is 13.9. The van der Waals surface area contributed by atoms with Gasteiger partial charge in [0.05, 0.1) is 6.04 Å². The summed E-state index contributed by atoms with van der Waals surface area (Å²) in [5.74, 6) is -0.102. The molecule has 0 aliphatic rings. The van der Waals surface area contributed by atoms with Gasteiger partial charge in [-0.3, -0.25) is 9.59 Å². The van der Waals surface area contributed by atoms with Gasteiger partial charge < -0.3 is 16.0 Å². The Morgan fingerprint density at radius 1 is 1.20 bits per heavy atom. The standard InChI is InChI=1S/C10H21N3O2/c1-4-6-12-9(14)5-7-13-10(15)8(2)11-3/h8,11H,4-7H2,1-3H3,(H,12,14)(H,13,15). The van der Waals surface area contributed by atoms with Gasteiger partial charge in [-0.15, -0.1) is 0 Å². The number of hydrogen-bond donors (Lipinski definition) is 3. The van der Waals surface area contributed by atoms with Gasteiger partial charge in [0.25, 0.3) is 0 Å². The van der Waals surface area contributed by atoms with Gasteiger partial charge in [-0.25, -0.2) is 0 Å². The average Bonchev–Trinajstić information content (AvgIpc) is 2.24. The Labute approximate surface area is 91.0 Å². The minimum Gasteiger partial charge on any atom is -0.356 e. The molecular formula is C10H21N3O2. The number of carbonyl (C=O) groups excluding carboxylic acids is 2. The highest BCUT2D eigenvalue weighted by Crippen LogP contribution is 1.82. The minimum absolute atomic E-state index is 0.0192. The Kier molecular flexibility index (Phi) is 7.62. The number of nitrogens with one attached hydrogen (secondary N) is 3. The van der Waals surface area contributed by atoms with Crippen molar-refractivity contribution in [2.24, 2.45) is 0 Å². The van der Waals surface area contributed by atoms with E-state index in [9.17, 15) is 9.59 Å². The molecule has 0 radical (unpaired) electrons. The van der Waals surface area contributed by atoms with Crippen molar-refractivity contribution in [2.75, 3.05) is 20.1 Å². The molecule has 0 saturated heterocycles. The predicted octanol–water partition coefficient (Wildman–Crippen LogP) is -0.373. The van der Waals surface area contributed by atoms with Crippen molar-refractivity contribution in [3.63, 3.8) is 0 Å². The molecule has 3 N–H and O–H groups in total. The summed E-state index contributed by atoms with van der Waals surface area (Å²) < 4.78 is 0. The van der Waals surface area contributed by atoms with Crippen molar-refractivity contribution in [1.82, 2.24) is 16.0 Å². The van der Waals surface area contributed by atoms with Crippen molar-refractivity contribution < 1.29 is 9.59 Å². The summed E-state index contributed by atoms with van der Waals surface area (Å²) >= 11 is 0. The topological polar surface area (TPSA) is 70.2 Å². The zero-order chi connectivity index (χ0) is 11.7. The summed E-state index contributed by atoms with van der Waals surface area (Å²) in [5.41, 5.74) is 0. The molecule has 1 unspecified atom stereocenters. The van der Waals surface area contributed by atoms with Crippen LogP contribution in [0.2, 0.25) is 0 Å². The van der Waals surface area contributed by atoms with Crippen molar-refractivity contribution >= 4 is 11.8 Å². The van der Waals surface area contributed by atoms with Crippen LogP contribution in [0.15, 0.2) is 0 Å². The van der Waals surface area contributed by atoms with Gasteiger partial charge in [-0.05, 0) is 20.4 Å². The zero-order valence-electron chi connectivity index (χ0n) is 9.72. The molecule has 0 aromatic carbocycles. The number of rotatable bonds is 7. The lowest BCUT2D eigenvalue weighted by Gasteiger charge is -2.10. The third-order valence-corrected chi connectivity index (χ3v) is 2.05. The SMILES string of the molecule is CCCNC(=O)CCNC(=O)C(C)NC. The molecule has 0 heterocycles. The van der Waals surface area contributed by atoms with E-state index in [2.05, 4.69) is 16.0 Å². The Morgan fingerprint density at radius 3 is 2.40 bits per heavy atom. The molecule has 5 nitrogen and oxygen atoms in total. The zero-order valence-corrected chi connectivity index (χ0v) is 9.72. The van der Waals surface area contributed by atoms with E-state index in [4.69, 9.17) is 0 Å². The van der Waals surface area contributed by atoms with Crippen LogP contribution >= 0.6 is 0 Å². The summed E-state index contributed by atoms with van der Waals surface area (Å²) in [6, 6.07) is -0.219. The van der Waals surface area contributed by atoms with E-state index in [0.29, 0.717) is 19.5 Å². The van der Waals surface area contributed by atoms with Crippen LogP contribution in [0, 0.1) is 0 Å². The summed E-state index contributed by atoms with van der Waals surface area (Å²) in [4.78, 5) is 22.4. The van der Waals surface area contributed by atoms with E-state index in [1.165, 1.54) is 0 Å². The number of carbonyl (C=O) groups is 2. The van der Waals surface area contributed by atoms with Crippen molar-refractivity contribution in [1.29, 1.82) is 0 Å². The van der Waals surface area contributed by atoms with E-state index in [1.807, 2.05) is 6.92 Å². The molecule has 2 amide bonds. The predicted molar refractivity (Wildman–Crippen MR) is 59.4 cm³/mol. The molecule has 0 aliphatic heterocycles. The van der Waals surface area contributed by atoms with Gasteiger partial charge in [-0.1, -0.05) is 6.92 Å². The Bertz CT molecular complexity index is 207. The van der Waals surface area contributed by atoms with Crippen LogP contribution in [-0.2, 0) is 9.59 Å². The molecule has 5 heteroatoms. The van der Waals surface area contributed by atoms with Gasteiger partial charge in [0.1, 0.15) is 0 Å². The minimum atomic E-state index is -0.219. The lowest BCUT2D eigenvalue weighted by Crippen LogP contribution is -2.41. The summed E-state index contributed by atoms with van der Waals surface area (Å²) in [5, 5.41) is 8.25. The van der Waals surface area contributed by atoms with Gasteiger partial charge in [0, 0.05) is 19.5 Å². The van der Waals surface area contributed by atoms with Gasteiger partial charge in [-0.2, -0.15) is 0 Å². The molecule has 88 valence electrons. The first-order valence-corrected chi connectivity index (χ1v) is 5.33. The molecule has 0 fully saturated rings. The maximum absolute atomic E-state index is 11.3. The molecule has 0 aliphatic carbocycles. The summed E-state index contributed by atoms with van der Waals surface area (Å²) in [6.07, 6.45) is 1.26. The van der Waals surface area contributed by atoms with E-state index in [0.717, 1.165) is 6.42 Å². The molecular weight excluding hydrogens is 194 g/mol. The highest BCUT2D eigenvalue weighted by Gasteiger charge is 2.09. The Morgan fingerprint density at radius 2 is 1.87 bits per heavy atom. The monoisotopic (exact) mass is 215 g/mol. The van der Waals surface area contributed by atoms with Gasteiger partial charge in [0.2, 0.25) is 11.8 Å². The van der Waals surface area contributed by atoms with Crippen LogP contribution < -0.4 is 16.0 Å². The van der Waals surface area contributed by atoms with Crippen molar-refractivity contribution in [3.05, 3.63) is 0 Å².